The number of halogens is 1. The fourth-order valence-corrected chi connectivity index (χ4v) is 3.92. The molecule has 2 aromatic carbocycles. The minimum atomic E-state index is -0.791. The molecular formula is C28H28FN3O4. The van der Waals surface area contributed by atoms with Gasteiger partial charge in [0, 0.05) is 25.7 Å². The molecule has 1 N–H and O–H groups in total. The lowest BCUT2D eigenvalue weighted by Gasteiger charge is -2.24. The third kappa shape index (κ3) is 6.40. The Kier molecular flexibility index (Phi) is 8.53. The smallest absolute Gasteiger partial charge is 0.222 e. The van der Waals surface area contributed by atoms with Gasteiger partial charge in [-0.25, -0.2) is 9.07 Å². The summed E-state index contributed by atoms with van der Waals surface area (Å²) in [6.07, 6.45) is 6.06. The number of benzene rings is 2. The summed E-state index contributed by atoms with van der Waals surface area (Å²) in [5.74, 6) is 3.16. The summed E-state index contributed by atoms with van der Waals surface area (Å²) in [6.45, 7) is 1.25. The molecule has 2 aromatic heterocycles. The minimum Gasteiger partial charge on any atom is -0.468 e. The lowest BCUT2D eigenvalue weighted by atomic mass is 10.1. The van der Waals surface area contributed by atoms with Crippen molar-refractivity contribution in [2.24, 2.45) is 7.05 Å². The van der Waals surface area contributed by atoms with Crippen molar-refractivity contribution in [3.05, 3.63) is 90.1 Å². The van der Waals surface area contributed by atoms with Crippen molar-refractivity contribution in [3.63, 3.8) is 0 Å². The van der Waals surface area contributed by atoms with Crippen LogP contribution in [0.4, 0.5) is 4.39 Å². The van der Waals surface area contributed by atoms with Crippen LogP contribution in [0.15, 0.2) is 77.4 Å². The van der Waals surface area contributed by atoms with Gasteiger partial charge in [-0.05, 0) is 24.3 Å². The van der Waals surface area contributed by atoms with Crippen LogP contribution in [0.25, 0.3) is 11.3 Å². The normalized spacial score (nSPS) is 12.0. The molecule has 0 radical (unpaired) electrons. The summed E-state index contributed by atoms with van der Waals surface area (Å²) in [5.41, 5.74) is 2.34. The van der Waals surface area contributed by atoms with Gasteiger partial charge < -0.3 is 19.0 Å². The first kappa shape index (κ1) is 25.2. The molecular weight excluding hydrogens is 461 g/mol. The van der Waals surface area contributed by atoms with Gasteiger partial charge in [-0.1, -0.05) is 48.4 Å². The van der Waals surface area contributed by atoms with Gasteiger partial charge in [0.1, 0.15) is 18.1 Å². The van der Waals surface area contributed by atoms with Crippen LogP contribution in [0.1, 0.15) is 11.3 Å². The molecule has 186 valence electrons. The highest BCUT2D eigenvalue weighted by Gasteiger charge is 2.24. The SMILES string of the molecule is C#CCOC[C@H](O)CN(Cc1ccco1)Cc1c(-c2ccccc2)nn(C)c1Oc1ccccc1F. The quantitative estimate of drug-likeness (QED) is 0.231. The average molecular weight is 490 g/mol. The van der Waals surface area contributed by atoms with E-state index in [2.05, 4.69) is 5.92 Å². The van der Waals surface area contributed by atoms with Crippen LogP contribution in [0.3, 0.4) is 0 Å². The molecule has 8 heteroatoms. The molecule has 0 aliphatic rings. The summed E-state index contributed by atoms with van der Waals surface area (Å²) in [7, 11) is 1.76. The number of aliphatic hydroxyl groups excluding tert-OH is 1. The van der Waals surface area contributed by atoms with E-state index in [0.717, 1.165) is 16.9 Å². The van der Waals surface area contributed by atoms with Gasteiger partial charge >= 0.3 is 0 Å². The van der Waals surface area contributed by atoms with E-state index >= 15 is 0 Å². The van der Waals surface area contributed by atoms with Gasteiger partial charge in [0.25, 0.3) is 0 Å². The maximum atomic E-state index is 14.5. The molecule has 4 aromatic rings. The molecule has 0 spiro atoms. The number of hydrogen-bond acceptors (Lipinski definition) is 6. The topological polar surface area (TPSA) is 72.9 Å². The molecule has 0 aliphatic carbocycles. The number of hydrogen-bond donors (Lipinski definition) is 1. The maximum Gasteiger partial charge on any atom is 0.222 e. The number of terminal acetylenes is 1. The van der Waals surface area contributed by atoms with Crippen LogP contribution in [0.2, 0.25) is 0 Å². The number of nitrogens with zero attached hydrogens (tertiary/aromatic N) is 3. The van der Waals surface area contributed by atoms with E-state index in [1.54, 1.807) is 36.2 Å². The Morgan fingerprint density at radius 3 is 2.61 bits per heavy atom. The lowest BCUT2D eigenvalue weighted by molar-refractivity contribution is 0.0229. The zero-order valence-electron chi connectivity index (χ0n) is 20.0. The van der Waals surface area contributed by atoms with E-state index in [9.17, 15) is 9.50 Å². The van der Waals surface area contributed by atoms with Crippen molar-refractivity contribution in [2.45, 2.75) is 19.2 Å². The molecule has 0 unspecified atom stereocenters. The van der Waals surface area contributed by atoms with Gasteiger partial charge in [0.15, 0.2) is 11.6 Å². The first-order chi connectivity index (χ1) is 17.5. The number of aromatic nitrogens is 2. The molecule has 0 amide bonds. The van der Waals surface area contributed by atoms with E-state index in [-0.39, 0.29) is 25.5 Å². The predicted molar refractivity (Wildman–Crippen MR) is 134 cm³/mol. The molecule has 2 heterocycles. The second kappa shape index (κ2) is 12.2. The Morgan fingerprint density at radius 2 is 1.89 bits per heavy atom. The minimum absolute atomic E-state index is 0.0933. The Morgan fingerprint density at radius 1 is 1.11 bits per heavy atom. The summed E-state index contributed by atoms with van der Waals surface area (Å²) < 4.78 is 33.0. The molecule has 36 heavy (non-hydrogen) atoms. The molecule has 0 fully saturated rings. The fourth-order valence-electron chi connectivity index (χ4n) is 3.92. The van der Waals surface area contributed by atoms with Gasteiger partial charge in [-0.3, -0.25) is 4.90 Å². The third-order valence-electron chi connectivity index (χ3n) is 5.48. The van der Waals surface area contributed by atoms with Crippen LogP contribution in [-0.4, -0.2) is 45.6 Å². The van der Waals surface area contributed by atoms with E-state index in [1.165, 1.54) is 6.07 Å². The van der Waals surface area contributed by atoms with E-state index in [1.807, 2.05) is 47.4 Å². The highest BCUT2D eigenvalue weighted by molar-refractivity contribution is 5.65. The molecule has 7 nitrogen and oxygen atoms in total. The second-order valence-corrected chi connectivity index (χ2v) is 8.28. The molecule has 0 bridgehead atoms. The monoisotopic (exact) mass is 489 g/mol. The molecule has 0 aliphatic heterocycles. The Balaban J connectivity index is 1.69. The zero-order chi connectivity index (χ0) is 25.3. The summed E-state index contributed by atoms with van der Waals surface area (Å²) >= 11 is 0. The van der Waals surface area contributed by atoms with Gasteiger partial charge in [-0.15, -0.1) is 6.42 Å². The largest absolute Gasteiger partial charge is 0.468 e. The predicted octanol–water partition coefficient (Wildman–Crippen LogP) is 4.62. The second-order valence-electron chi connectivity index (χ2n) is 8.28. The Bertz CT molecular complexity index is 1280. The zero-order valence-corrected chi connectivity index (χ0v) is 20.0. The summed E-state index contributed by atoms with van der Waals surface area (Å²) in [6, 6.07) is 19.6. The van der Waals surface area contributed by atoms with Crippen molar-refractivity contribution >= 4 is 0 Å². The summed E-state index contributed by atoms with van der Waals surface area (Å²) in [5, 5.41) is 15.3. The first-order valence-corrected chi connectivity index (χ1v) is 11.5. The van der Waals surface area contributed by atoms with E-state index in [0.29, 0.717) is 24.7 Å². The van der Waals surface area contributed by atoms with Crippen molar-refractivity contribution in [1.29, 1.82) is 0 Å². The van der Waals surface area contributed by atoms with Crippen LogP contribution >= 0.6 is 0 Å². The average Bonchev–Trinajstić information content (AvgIpc) is 3.49. The summed E-state index contributed by atoms with van der Waals surface area (Å²) in [4.78, 5) is 2.00. The van der Waals surface area contributed by atoms with Crippen LogP contribution in [0.5, 0.6) is 11.6 Å². The van der Waals surface area contributed by atoms with Crippen molar-refractivity contribution < 1.29 is 23.4 Å². The van der Waals surface area contributed by atoms with Crippen molar-refractivity contribution in [3.8, 4) is 35.2 Å². The van der Waals surface area contributed by atoms with Gasteiger partial charge in [0.2, 0.25) is 5.88 Å². The maximum absolute atomic E-state index is 14.5. The van der Waals surface area contributed by atoms with Crippen molar-refractivity contribution in [2.75, 3.05) is 19.8 Å². The first-order valence-electron chi connectivity index (χ1n) is 11.5. The third-order valence-corrected chi connectivity index (χ3v) is 5.48. The van der Waals surface area contributed by atoms with Gasteiger partial charge in [0.05, 0.1) is 31.1 Å². The number of aliphatic hydroxyl groups is 1. The van der Waals surface area contributed by atoms with Crippen molar-refractivity contribution in [1.82, 2.24) is 14.7 Å². The van der Waals surface area contributed by atoms with E-state index in [4.69, 9.17) is 25.4 Å². The molecule has 1 atom stereocenters. The highest BCUT2D eigenvalue weighted by atomic mass is 19.1. The number of furan rings is 1. The van der Waals surface area contributed by atoms with Crippen LogP contribution in [-0.2, 0) is 24.9 Å². The molecule has 0 saturated heterocycles. The lowest BCUT2D eigenvalue weighted by Crippen LogP contribution is -2.34. The van der Waals surface area contributed by atoms with Crippen LogP contribution in [0, 0.1) is 18.2 Å². The standard InChI is InChI=1S/C28H28FN3O4/c1-3-15-34-20-22(33)17-32(18-23-12-9-16-35-23)19-24-27(21-10-5-4-6-11-21)30-31(2)28(24)36-26-14-8-7-13-25(26)29/h1,4-14,16,22,33H,15,17-20H2,2H3/t22-/m1/s1. The van der Waals surface area contributed by atoms with Crippen LogP contribution < -0.4 is 4.74 Å². The Labute approximate surface area is 209 Å². The Hall–Kier alpha value is -3.90. The number of rotatable bonds is 12. The fraction of sp³-hybridized carbons (Fsp3) is 0.250. The molecule has 0 saturated carbocycles. The van der Waals surface area contributed by atoms with E-state index < -0.39 is 11.9 Å². The number of para-hydroxylation sites is 1. The number of ether oxygens (including phenoxy) is 2. The highest BCUT2D eigenvalue weighted by Crippen LogP contribution is 2.35. The van der Waals surface area contributed by atoms with Gasteiger partial charge in [-0.2, -0.15) is 5.10 Å². The number of aryl methyl sites for hydroxylation is 1. The molecule has 4 rings (SSSR count).